The van der Waals surface area contributed by atoms with E-state index in [0.29, 0.717) is 11.5 Å². The van der Waals surface area contributed by atoms with Gasteiger partial charge in [0.05, 0.1) is 11.0 Å². The summed E-state index contributed by atoms with van der Waals surface area (Å²) in [6.45, 7) is 3.50. The summed E-state index contributed by atoms with van der Waals surface area (Å²) in [6, 6.07) is -0.0834. The number of nitrogens with zero attached hydrogens (tertiary/aromatic N) is 1. The minimum absolute atomic E-state index is 0.0330. The summed E-state index contributed by atoms with van der Waals surface area (Å²) < 4.78 is 0. The molecule has 1 atom stereocenters. The van der Waals surface area contributed by atoms with Gasteiger partial charge < -0.3 is 16.0 Å². The van der Waals surface area contributed by atoms with E-state index in [0.717, 1.165) is 32.2 Å². The quantitative estimate of drug-likeness (QED) is 0.716. The van der Waals surface area contributed by atoms with Crippen LogP contribution in [0.25, 0.3) is 0 Å². The van der Waals surface area contributed by atoms with E-state index in [9.17, 15) is 4.79 Å². The standard InChI is InChI=1S/C10H19N3OS/c1-2-6-12-10(14)13-7-4-3-5-8(13)9(11)15/h8H,2-7H2,1H3,(H2,11,15)(H,12,14). The van der Waals surface area contributed by atoms with Gasteiger partial charge in [-0.1, -0.05) is 19.1 Å². The predicted molar refractivity (Wildman–Crippen MR) is 64.8 cm³/mol. The van der Waals surface area contributed by atoms with Gasteiger partial charge in [-0.2, -0.15) is 0 Å². The normalized spacial score (nSPS) is 21.1. The van der Waals surface area contributed by atoms with Crippen molar-refractivity contribution in [3.05, 3.63) is 0 Å². The third kappa shape index (κ3) is 3.34. The molecule has 0 aromatic heterocycles. The number of carbonyl (C=O) groups excluding carboxylic acids is 1. The number of likely N-dealkylation sites (tertiary alicyclic amines) is 1. The van der Waals surface area contributed by atoms with Gasteiger partial charge in [-0.15, -0.1) is 0 Å². The smallest absolute Gasteiger partial charge is 0.317 e. The lowest BCUT2D eigenvalue weighted by atomic mass is 10.0. The number of nitrogens with one attached hydrogen (secondary N) is 1. The van der Waals surface area contributed by atoms with E-state index in [1.54, 1.807) is 4.90 Å². The molecule has 1 rings (SSSR count). The van der Waals surface area contributed by atoms with Crippen LogP contribution in [0.3, 0.4) is 0 Å². The minimum Gasteiger partial charge on any atom is -0.392 e. The molecule has 0 spiro atoms. The number of piperidine rings is 1. The van der Waals surface area contributed by atoms with Gasteiger partial charge in [0.1, 0.15) is 0 Å². The Morgan fingerprint density at radius 2 is 2.33 bits per heavy atom. The summed E-state index contributed by atoms with van der Waals surface area (Å²) >= 11 is 4.98. The molecule has 0 aliphatic carbocycles. The number of thiocarbonyl (C=S) groups is 1. The van der Waals surface area contributed by atoms with Gasteiger partial charge in [0, 0.05) is 13.1 Å². The molecule has 0 saturated carbocycles. The van der Waals surface area contributed by atoms with E-state index in [-0.39, 0.29) is 12.1 Å². The molecular formula is C10H19N3OS. The third-order valence-corrected chi connectivity index (χ3v) is 2.89. The molecule has 1 fully saturated rings. The zero-order valence-corrected chi connectivity index (χ0v) is 9.98. The molecule has 1 saturated heterocycles. The maximum atomic E-state index is 11.8. The Kier molecular flexibility index (Phi) is 4.81. The Labute approximate surface area is 96.2 Å². The predicted octanol–water partition coefficient (Wildman–Crippen LogP) is 1.25. The van der Waals surface area contributed by atoms with Crippen LogP contribution in [0, 0.1) is 0 Å². The first-order valence-corrected chi connectivity index (χ1v) is 5.91. The van der Waals surface area contributed by atoms with Crippen LogP contribution >= 0.6 is 12.2 Å². The number of hydrogen-bond donors (Lipinski definition) is 2. The lowest BCUT2D eigenvalue weighted by molar-refractivity contribution is 0.173. The largest absolute Gasteiger partial charge is 0.392 e. The fraction of sp³-hybridized carbons (Fsp3) is 0.800. The van der Waals surface area contributed by atoms with Crippen LogP contribution in [0.2, 0.25) is 0 Å². The zero-order valence-electron chi connectivity index (χ0n) is 9.16. The zero-order chi connectivity index (χ0) is 11.3. The number of nitrogens with two attached hydrogens (primary N) is 1. The van der Waals surface area contributed by atoms with Crippen LogP contribution in [0.1, 0.15) is 32.6 Å². The van der Waals surface area contributed by atoms with Crippen molar-refractivity contribution in [2.24, 2.45) is 5.73 Å². The molecule has 0 aromatic carbocycles. The van der Waals surface area contributed by atoms with Crippen molar-refractivity contribution >= 4 is 23.2 Å². The van der Waals surface area contributed by atoms with Gasteiger partial charge >= 0.3 is 6.03 Å². The van der Waals surface area contributed by atoms with Crippen LogP contribution < -0.4 is 11.1 Å². The molecule has 86 valence electrons. The first-order chi connectivity index (χ1) is 7.16. The number of urea groups is 1. The molecule has 1 aliphatic rings. The Morgan fingerprint density at radius 1 is 1.60 bits per heavy atom. The molecule has 0 radical (unpaired) electrons. The molecule has 1 aliphatic heterocycles. The SMILES string of the molecule is CCCNC(=O)N1CCCCC1C(N)=S. The molecule has 1 heterocycles. The third-order valence-electron chi connectivity index (χ3n) is 2.62. The molecule has 0 bridgehead atoms. The fourth-order valence-electron chi connectivity index (χ4n) is 1.80. The summed E-state index contributed by atoms with van der Waals surface area (Å²) in [5.41, 5.74) is 5.63. The van der Waals surface area contributed by atoms with Crippen molar-refractivity contribution < 1.29 is 4.79 Å². The molecule has 0 aromatic rings. The summed E-state index contributed by atoms with van der Waals surface area (Å²) in [5, 5.41) is 2.86. The number of carbonyl (C=O) groups is 1. The van der Waals surface area contributed by atoms with Crippen molar-refractivity contribution in [1.82, 2.24) is 10.2 Å². The van der Waals surface area contributed by atoms with E-state index in [4.69, 9.17) is 18.0 Å². The molecular weight excluding hydrogens is 210 g/mol. The Bertz CT molecular complexity index is 245. The summed E-state index contributed by atoms with van der Waals surface area (Å²) in [4.78, 5) is 14.0. The number of amides is 2. The van der Waals surface area contributed by atoms with E-state index < -0.39 is 0 Å². The average Bonchev–Trinajstić information content (AvgIpc) is 2.25. The first kappa shape index (κ1) is 12.2. The minimum atomic E-state index is -0.0504. The second kappa shape index (κ2) is 5.90. The summed E-state index contributed by atoms with van der Waals surface area (Å²) in [5.74, 6) is 0. The highest BCUT2D eigenvalue weighted by molar-refractivity contribution is 7.80. The molecule has 1 unspecified atom stereocenters. The van der Waals surface area contributed by atoms with Crippen LogP contribution in [-0.2, 0) is 0 Å². The second-order valence-corrected chi connectivity index (χ2v) is 4.31. The van der Waals surface area contributed by atoms with Crippen molar-refractivity contribution in [2.75, 3.05) is 13.1 Å². The number of hydrogen-bond acceptors (Lipinski definition) is 2. The van der Waals surface area contributed by atoms with Crippen molar-refractivity contribution in [2.45, 2.75) is 38.6 Å². The lowest BCUT2D eigenvalue weighted by Crippen LogP contribution is -2.53. The van der Waals surface area contributed by atoms with Crippen molar-refractivity contribution in [3.63, 3.8) is 0 Å². The van der Waals surface area contributed by atoms with E-state index in [2.05, 4.69) is 5.32 Å². The molecule has 3 N–H and O–H groups in total. The fourth-order valence-corrected chi connectivity index (χ4v) is 2.05. The maximum absolute atomic E-state index is 11.8. The number of rotatable bonds is 3. The monoisotopic (exact) mass is 229 g/mol. The van der Waals surface area contributed by atoms with Crippen LogP contribution in [0.5, 0.6) is 0 Å². The topological polar surface area (TPSA) is 58.4 Å². The van der Waals surface area contributed by atoms with Gasteiger partial charge in [-0.3, -0.25) is 0 Å². The van der Waals surface area contributed by atoms with Crippen LogP contribution in [0.15, 0.2) is 0 Å². The summed E-state index contributed by atoms with van der Waals surface area (Å²) in [7, 11) is 0. The van der Waals surface area contributed by atoms with Crippen molar-refractivity contribution in [1.29, 1.82) is 0 Å². The highest BCUT2D eigenvalue weighted by atomic mass is 32.1. The lowest BCUT2D eigenvalue weighted by Gasteiger charge is -2.34. The molecule has 2 amide bonds. The van der Waals surface area contributed by atoms with E-state index in [1.807, 2.05) is 6.92 Å². The van der Waals surface area contributed by atoms with Gasteiger partial charge in [0.15, 0.2) is 0 Å². The highest BCUT2D eigenvalue weighted by Crippen LogP contribution is 2.17. The van der Waals surface area contributed by atoms with Gasteiger partial charge in [-0.25, -0.2) is 4.79 Å². The van der Waals surface area contributed by atoms with Crippen molar-refractivity contribution in [3.8, 4) is 0 Å². The van der Waals surface area contributed by atoms with Gasteiger partial charge in [0.25, 0.3) is 0 Å². The Morgan fingerprint density at radius 3 is 2.93 bits per heavy atom. The highest BCUT2D eigenvalue weighted by Gasteiger charge is 2.28. The molecule has 5 heteroatoms. The molecule has 15 heavy (non-hydrogen) atoms. The van der Waals surface area contributed by atoms with Crippen LogP contribution in [0.4, 0.5) is 4.79 Å². The average molecular weight is 229 g/mol. The second-order valence-electron chi connectivity index (χ2n) is 3.84. The van der Waals surface area contributed by atoms with E-state index in [1.165, 1.54) is 0 Å². The van der Waals surface area contributed by atoms with Gasteiger partial charge in [0.2, 0.25) is 0 Å². The maximum Gasteiger partial charge on any atom is 0.317 e. The molecule has 4 nitrogen and oxygen atoms in total. The Balaban J connectivity index is 2.55. The van der Waals surface area contributed by atoms with Crippen LogP contribution in [-0.4, -0.2) is 35.1 Å². The van der Waals surface area contributed by atoms with E-state index >= 15 is 0 Å². The Hall–Kier alpha value is -0.840. The first-order valence-electron chi connectivity index (χ1n) is 5.50. The summed E-state index contributed by atoms with van der Waals surface area (Å²) in [6.07, 6.45) is 3.98. The van der Waals surface area contributed by atoms with Gasteiger partial charge in [-0.05, 0) is 25.7 Å².